The van der Waals surface area contributed by atoms with Crippen LogP contribution in [0.3, 0.4) is 0 Å². The van der Waals surface area contributed by atoms with Gasteiger partial charge in [-0.2, -0.15) is 0 Å². The summed E-state index contributed by atoms with van der Waals surface area (Å²) in [5, 5.41) is 0. The molecule has 0 radical (unpaired) electrons. The summed E-state index contributed by atoms with van der Waals surface area (Å²) in [6.07, 6.45) is 8.27. The maximum atomic E-state index is 2.68. The van der Waals surface area contributed by atoms with E-state index in [1.165, 1.54) is 70.3 Å². The summed E-state index contributed by atoms with van der Waals surface area (Å²) in [7, 11) is 0. The van der Waals surface area contributed by atoms with Gasteiger partial charge in [0.25, 0.3) is 0 Å². The third-order valence-corrected chi connectivity index (χ3v) is 10.7. The minimum absolute atomic E-state index is 1.13. The lowest BCUT2D eigenvalue weighted by atomic mass is 10.1. The Morgan fingerprint density at radius 3 is 1.79 bits per heavy atom. The van der Waals surface area contributed by atoms with E-state index in [0.29, 0.717) is 0 Å². The predicted molar refractivity (Wildman–Crippen MR) is 144 cm³/mol. The number of fused-ring (bicyclic) bond motifs is 1. The molecule has 1 aliphatic rings. The van der Waals surface area contributed by atoms with Crippen molar-refractivity contribution in [3.63, 3.8) is 0 Å². The molecule has 0 aliphatic carbocycles. The number of hydrogen-bond donors (Lipinski definition) is 0. The molecule has 0 atom stereocenters. The van der Waals surface area contributed by atoms with E-state index in [4.69, 9.17) is 0 Å². The molecule has 0 aromatic carbocycles. The summed E-state index contributed by atoms with van der Waals surface area (Å²) in [5.41, 5.74) is 3.21. The molecule has 3 aromatic heterocycles. The quantitative estimate of drug-likeness (QED) is 0.165. The average molecular weight is 653 g/mol. The Morgan fingerprint density at radius 1 is 0.750 bits per heavy atom. The Hall–Kier alpha value is 0.520. The number of thiophene rings is 3. The number of hydrogen-bond acceptors (Lipinski definition) is 4. The van der Waals surface area contributed by atoms with Crippen LogP contribution < -0.4 is 0 Å². The van der Waals surface area contributed by atoms with Gasteiger partial charge in [-0.15, -0.1) is 34.0 Å². The van der Waals surface area contributed by atoms with Crippen LogP contribution in [0.1, 0.15) is 56.6 Å². The third-order valence-electron chi connectivity index (χ3n) is 5.30. The Morgan fingerprint density at radius 2 is 1.29 bits per heavy atom. The molecular formula is C22H25I2NS3. The van der Waals surface area contributed by atoms with Gasteiger partial charge in [0.2, 0.25) is 0 Å². The topological polar surface area (TPSA) is 3.24 Å². The molecule has 1 aliphatic heterocycles. The van der Waals surface area contributed by atoms with Crippen molar-refractivity contribution in [3.8, 4) is 19.5 Å². The first kappa shape index (κ1) is 21.7. The van der Waals surface area contributed by atoms with Crippen LogP contribution in [-0.4, -0.2) is 11.4 Å². The maximum Gasteiger partial charge on any atom is 0.0660 e. The lowest BCUT2D eigenvalue weighted by Crippen LogP contribution is -2.17. The molecule has 0 bridgehead atoms. The van der Waals surface area contributed by atoms with Crippen LogP contribution >= 0.6 is 79.2 Å². The molecule has 0 unspecified atom stereocenters. The SMILES string of the molecule is CCCCCCCCN1Cc2c(-c3ccc(I)s3)sc(-c3ccc(I)s3)c2C1. The molecular weight excluding hydrogens is 628 g/mol. The van der Waals surface area contributed by atoms with Crippen LogP contribution in [0.5, 0.6) is 0 Å². The lowest BCUT2D eigenvalue weighted by molar-refractivity contribution is 0.276. The van der Waals surface area contributed by atoms with Crippen LogP contribution in [0.25, 0.3) is 19.5 Å². The highest BCUT2D eigenvalue weighted by Crippen LogP contribution is 2.49. The maximum absolute atomic E-state index is 2.68. The number of unbranched alkanes of at least 4 members (excludes halogenated alkanes) is 5. The zero-order valence-corrected chi connectivity index (χ0v) is 22.9. The molecule has 0 amide bonds. The summed E-state index contributed by atoms with van der Waals surface area (Å²) in [6, 6.07) is 9.14. The molecule has 0 saturated carbocycles. The Bertz CT molecular complexity index is 860. The van der Waals surface area contributed by atoms with E-state index in [1.54, 1.807) is 11.1 Å². The highest BCUT2D eigenvalue weighted by molar-refractivity contribution is 14.1. The molecule has 0 N–H and O–H groups in total. The van der Waals surface area contributed by atoms with E-state index in [-0.39, 0.29) is 0 Å². The molecule has 6 heteroatoms. The minimum Gasteiger partial charge on any atom is -0.295 e. The summed E-state index contributed by atoms with van der Waals surface area (Å²) in [6.45, 7) is 5.80. The van der Waals surface area contributed by atoms with E-state index in [0.717, 1.165) is 13.1 Å². The van der Waals surface area contributed by atoms with Gasteiger partial charge in [-0.3, -0.25) is 4.90 Å². The minimum atomic E-state index is 1.13. The zero-order chi connectivity index (χ0) is 19.5. The molecule has 0 spiro atoms. The van der Waals surface area contributed by atoms with Crippen molar-refractivity contribution in [1.29, 1.82) is 0 Å². The summed E-state index contributed by atoms with van der Waals surface area (Å²) in [5.74, 6) is 0. The first-order valence-electron chi connectivity index (χ1n) is 10.0. The molecule has 150 valence electrons. The predicted octanol–water partition coefficient (Wildman–Crippen LogP) is 9.09. The molecule has 4 rings (SSSR count). The van der Waals surface area contributed by atoms with Crippen LogP contribution in [0, 0.1) is 5.77 Å². The Labute approximate surface area is 207 Å². The fraction of sp³-hybridized carbons (Fsp3) is 0.455. The smallest absolute Gasteiger partial charge is 0.0660 e. The summed E-state index contributed by atoms with van der Waals surface area (Å²) in [4.78, 5) is 8.62. The van der Waals surface area contributed by atoms with Gasteiger partial charge < -0.3 is 0 Å². The molecule has 0 saturated heterocycles. The van der Waals surface area contributed by atoms with E-state index in [2.05, 4.69) is 81.3 Å². The van der Waals surface area contributed by atoms with E-state index in [1.807, 2.05) is 34.0 Å². The van der Waals surface area contributed by atoms with E-state index >= 15 is 0 Å². The molecule has 0 fully saturated rings. The van der Waals surface area contributed by atoms with Gasteiger partial charge >= 0.3 is 0 Å². The molecule has 3 aromatic rings. The van der Waals surface area contributed by atoms with Crippen molar-refractivity contribution in [2.45, 2.75) is 58.5 Å². The van der Waals surface area contributed by atoms with Crippen molar-refractivity contribution < 1.29 is 0 Å². The standard InChI is InChI=1S/C22H25I2NS3/c1-2-3-4-5-6-7-12-25-13-15-16(14-25)22(18-9-11-20(24)27-18)28-21(15)17-8-10-19(23)26-17/h8-11H,2-7,12-14H2,1H3. The largest absolute Gasteiger partial charge is 0.295 e. The highest BCUT2D eigenvalue weighted by Gasteiger charge is 2.29. The van der Waals surface area contributed by atoms with E-state index in [9.17, 15) is 0 Å². The summed E-state index contributed by atoms with van der Waals surface area (Å²) < 4.78 is 2.76. The fourth-order valence-electron chi connectivity index (χ4n) is 3.88. The van der Waals surface area contributed by atoms with Gasteiger partial charge in [0.15, 0.2) is 0 Å². The van der Waals surface area contributed by atoms with Gasteiger partial charge in [0.05, 0.1) is 5.77 Å². The Kier molecular flexibility index (Phi) is 7.93. The first-order chi connectivity index (χ1) is 13.7. The van der Waals surface area contributed by atoms with Crippen molar-refractivity contribution in [3.05, 3.63) is 41.2 Å². The number of halogens is 2. The monoisotopic (exact) mass is 653 g/mol. The van der Waals surface area contributed by atoms with Crippen LogP contribution in [0.2, 0.25) is 0 Å². The highest BCUT2D eigenvalue weighted by atomic mass is 127. The first-order valence-corrected chi connectivity index (χ1v) is 14.6. The van der Waals surface area contributed by atoms with Crippen LogP contribution in [0.4, 0.5) is 0 Å². The van der Waals surface area contributed by atoms with Gasteiger partial charge in [-0.25, -0.2) is 0 Å². The summed E-state index contributed by atoms with van der Waals surface area (Å²) >= 11 is 10.8. The normalized spacial score (nSPS) is 14.1. The van der Waals surface area contributed by atoms with Crippen LogP contribution in [0.15, 0.2) is 24.3 Å². The second-order valence-electron chi connectivity index (χ2n) is 7.40. The average Bonchev–Trinajstić information content (AvgIpc) is 3.43. The number of rotatable bonds is 9. The zero-order valence-electron chi connectivity index (χ0n) is 16.1. The van der Waals surface area contributed by atoms with Crippen molar-refractivity contribution in [2.24, 2.45) is 0 Å². The van der Waals surface area contributed by atoms with Gasteiger partial charge in [-0.1, -0.05) is 39.0 Å². The van der Waals surface area contributed by atoms with E-state index < -0.39 is 0 Å². The van der Waals surface area contributed by atoms with Gasteiger partial charge in [0.1, 0.15) is 0 Å². The van der Waals surface area contributed by atoms with Crippen molar-refractivity contribution >= 4 is 79.2 Å². The Balaban J connectivity index is 1.51. The van der Waals surface area contributed by atoms with Gasteiger partial charge in [0, 0.05) is 32.6 Å². The van der Waals surface area contributed by atoms with Crippen LogP contribution in [-0.2, 0) is 13.1 Å². The second kappa shape index (κ2) is 10.2. The number of nitrogens with zero attached hydrogens (tertiary/aromatic N) is 1. The van der Waals surface area contributed by atoms with Crippen molar-refractivity contribution in [2.75, 3.05) is 6.54 Å². The third kappa shape index (κ3) is 5.04. The lowest BCUT2D eigenvalue weighted by Gasteiger charge is -2.15. The van der Waals surface area contributed by atoms with Gasteiger partial charge in [-0.05, 0) is 93.5 Å². The fourth-order valence-corrected chi connectivity index (χ4v) is 8.72. The molecule has 1 nitrogen and oxygen atoms in total. The second-order valence-corrected chi connectivity index (χ2v) is 14.4. The molecule has 4 heterocycles. The molecule has 28 heavy (non-hydrogen) atoms. The van der Waals surface area contributed by atoms with Crippen molar-refractivity contribution in [1.82, 2.24) is 4.90 Å².